The van der Waals surface area contributed by atoms with E-state index in [0.717, 1.165) is 32.0 Å². The molecular weight excluding hydrogens is 344 g/mol. The monoisotopic (exact) mass is 376 g/mol. The van der Waals surface area contributed by atoms with Crippen molar-refractivity contribution in [3.63, 3.8) is 0 Å². The number of morpholine rings is 1. The minimum atomic E-state index is 0.168. The SMILES string of the molecule is CCNC(=NCCC(=O)N1CCOCC1)N1CCC(C)C(n2ccnc2)C1. The number of hydrogen-bond acceptors (Lipinski definition) is 4. The summed E-state index contributed by atoms with van der Waals surface area (Å²) in [4.78, 5) is 25.5. The number of piperidine rings is 1. The van der Waals surface area contributed by atoms with Crippen LogP contribution in [0, 0.1) is 5.92 Å². The number of hydrogen-bond donors (Lipinski definition) is 1. The number of nitrogens with one attached hydrogen (secondary N) is 1. The number of nitrogens with zero attached hydrogens (tertiary/aromatic N) is 5. The third kappa shape index (κ3) is 5.22. The number of carbonyl (C=O) groups is 1. The van der Waals surface area contributed by atoms with Gasteiger partial charge >= 0.3 is 0 Å². The Morgan fingerprint density at radius 1 is 1.30 bits per heavy atom. The maximum absolute atomic E-state index is 12.3. The van der Waals surface area contributed by atoms with Crippen LogP contribution in [0.4, 0.5) is 0 Å². The number of carbonyl (C=O) groups excluding carboxylic acids is 1. The van der Waals surface area contributed by atoms with Gasteiger partial charge in [0, 0.05) is 51.5 Å². The Balaban J connectivity index is 1.58. The number of imidazole rings is 1. The van der Waals surface area contributed by atoms with Gasteiger partial charge in [-0.2, -0.15) is 0 Å². The first-order valence-corrected chi connectivity index (χ1v) is 10.0. The quantitative estimate of drug-likeness (QED) is 0.612. The molecule has 2 unspecified atom stereocenters. The van der Waals surface area contributed by atoms with E-state index in [-0.39, 0.29) is 5.91 Å². The molecule has 3 heterocycles. The molecule has 2 atom stereocenters. The minimum Gasteiger partial charge on any atom is -0.378 e. The number of rotatable bonds is 5. The van der Waals surface area contributed by atoms with Crippen molar-refractivity contribution in [3.05, 3.63) is 18.7 Å². The first kappa shape index (κ1) is 19.7. The van der Waals surface area contributed by atoms with Crippen molar-refractivity contribution in [2.24, 2.45) is 10.9 Å². The summed E-state index contributed by atoms with van der Waals surface area (Å²) in [5.74, 6) is 1.67. The maximum Gasteiger partial charge on any atom is 0.224 e. The lowest BCUT2D eigenvalue weighted by Crippen LogP contribution is -2.49. The first-order chi connectivity index (χ1) is 13.2. The van der Waals surface area contributed by atoms with E-state index in [9.17, 15) is 4.79 Å². The Bertz CT molecular complexity index is 612. The van der Waals surface area contributed by atoms with Crippen molar-refractivity contribution in [3.8, 4) is 0 Å². The lowest BCUT2D eigenvalue weighted by Gasteiger charge is -2.39. The Kier molecular flexibility index (Phi) is 7.09. The van der Waals surface area contributed by atoms with Crippen LogP contribution < -0.4 is 5.32 Å². The van der Waals surface area contributed by atoms with E-state index in [2.05, 4.69) is 33.6 Å². The normalized spacial score (nSPS) is 24.1. The van der Waals surface area contributed by atoms with Crippen molar-refractivity contribution >= 4 is 11.9 Å². The standard InChI is InChI=1S/C19H32N6O2/c1-3-21-19(22-6-4-18(26)23-10-12-27-13-11-23)24-8-5-16(2)17(14-24)25-9-7-20-15-25/h7,9,15-17H,3-6,8,10-14H2,1-2H3,(H,21,22). The van der Waals surface area contributed by atoms with Crippen molar-refractivity contribution < 1.29 is 9.53 Å². The molecule has 8 heteroatoms. The summed E-state index contributed by atoms with van der Waals surface area (Å²) in [5.41, 5.74) is 0. The highest BCUT2D eigenvalue weighted by atomic mass is 16.5. The number of aliphatic imine (C=N–C) groups is 1. The summed E-state index contributed by atoms with van der Waals surface area (Å²) in [6, 6.07) is 0.389. The summed E-state index contributed by atoms with van der Waals surface area (Å²) in [5, 5.41) is 3.39. The highest BCUT2D eigenvalue weighted by Crippen LogP contribution is 2.27. The molecule has 3 rings (SSSR count). The highest BCUT2D eigenvalue weighted by Gasteiger charge is 2.29. The van der Waals surface area contributed by atoms with Gasteiger partial charge < -0.3 is 24.4 Å². The Hall–Kier alpha value is -2.09. The molecule has 2 aliphatic rings. The van der Waals surface area contributed by atoms with E-state index in [4.69, 9.17) is 9.73 Å². The smallest absolute Gasteiger partial charge is 0.224 e. The topological polar surface area (TPSA) is 75.0 Å². The van der Waals surface area contributed by atoms with Gasteiger partial charge in [0.15, 0.2) is 5.96 Å². The highest BCUT2D eigenvalue weighted by molar-refractivity contribution is 5.81. The van der Waals surface area contributed by atoms with Gasteiger partial charge in [0.25, 0.3) is 0 Å². The molecule has 0 spiro atoms. The molecule has 0 saturated carbocycles. The summed E-state index contributed by atoms with van der Waals surface area (Å²) < 4.78 is 7.51. The molecule has 1 amide bonds. The molecule has 0 radical (unpaired) electrons. The van der Waals surface area contributed by atoms with Crippen LogP contribution in [0.3, 0.4) is 0 Å². The van der Waals surface area contributed by atoms with E-state index in [1.54, 1.807) is 0 Å². The molecule has 1 N–H and O–H groups in total. The first-order valence-electron chi connectivity index (χ1n) is 10.0. The number of aromatic nitrogens is 2. The van der Waals surface area contributed by atoms with Gasteiger partial charge in [0.1, 0.15) is 0 Å². The van der Waals surface area contributed by atoms with Gasteiger partial charge in [0.2, 0.25) is 5.91 Å². The predicted molar refractivity (Wildman–Crippen MR) is 105 cm³/mol. The molecule has 2 fully saturated rings. The summed E-state index contributed by atoms with van der Waals surface area (Å²) >= 11 is 0. The van der Waals surface area contributed by atoms with Gasteiger partial charge in [-0.25, -0.2) is 4.98 Å². The second kappa shape index (κ2) is 9.73. The van der Waals surface area contributed by atoms with Crippen LogP contribution in [-0.2, 0) is 9.53 Å². The zero-order valence-corrected chi connectivity index (χ0v) is 16.5. The molecule has 2 saturated heterocycles. The van der Waals surface area contributed by atoms with Crippen molar-refractivity contribution in [2.75, 3.05) is 52.5 Å². The molecule has 0 aromatic carbocycles. The summed E-state index contributed by atoms with van der Waals surface area (Å²) in [6.45, 7) is 10.3. The third-order valence-electron chi connectivity index (χ3n) is 5.41. The molecule has 1 aromatic rings. The van der Waals surface area contributed by atoms with Crippen LogP contribution in [0.2, 0.25) is 0 Å². The largest absolute Gasteiger partial charge is 0.378 e. The number of amides is 1. The lowest BCUT2D eigenvalue weighted by molar-refractivity contribution is -0.135. The van der Waals surface area contributed by atoms with Crippen LogP contribution in [0.25, 0.3) is 0 Å². The van der Waals surface area contributed by atoms with Crippen LogP contribution in [0.15, 0.2) is 23.7 Å². The molecule has 0 bridgehead atoms. The second-order valence-electron chi connectivity index (χ2n) is 7.27. The minimum absolute atomic E-state index is 0.168. The van der Waals surface area contributed by atoms with Crippen LogP contribution in [0.5, 0.6) is 0 Å². The fourth-order valence-electron chi connectivity index (χ4n) is 3.75. The number of guanidine groups is 1. The van der Waals surface area contributed by atoms with Crippen LogP contribution in [0.1, 0.15) is 32.7 Å². The van der Waals surface area contributed by atoms with Crippen LogP contribution >= 0.6 is 0 Å². The van der Waals surface area contributed by atoms with Gasteiger partial charge in [-0.1, -0.05) is 6.92 Å². The fourth-order valence-corrected chi connectivity index (χ4v) is 3.75. The molecule has 8 nitrogen and oxygen atoms in total. The zero-order valence-electron chi connectivity index (χ0n) is 16.5. The molecule has 2 aliphatic heterocycles. The molecule has 1 aromatic heterocycles. The molecule has 150 valence electrons. The van der Waals surface area contributed by atoms with Crippen molar-refractivity contribution in [1.82, 2.24) is 24.7 Å². The van der Waals surface area contributed by atoms with Gasteiger partial charge in [-0.15, -0.1) is 0 Å². The van der Waals surface area contributed by atoms with Crippen molar-refractivity contribution in [2.45, 2.75) is 32.7 Å². The zero-order chi connectivity index (χ0) is 19.1. The fraction of sp³-hybridized carbons (Fsp3) is 0.737. The Morgan fingerprint density at radius 2 is 2.11 bits per heavy atom. The molecule has 0 aliphatic carbocycles. The summed E-state index contributed by atoms with van der Waals surface area (Å²) in [7, 11) is 0. The van der Waals surface area contributed by atoms with Gasteiger partial charge in [0.05, 0.1) is 32.1 Å². The molecule has 27 heavy (non-hydrogen) atoms. The molecular formula is C19H32N6O2. The van der Waals surface area contributed by atoms with E-state index >= 15 is 0 Å². The van der Waals surface area contributed by atoms with E-state index in [1.165, 1.54) is 0 Å². The lowest BCUT2D eigenvalue weighted by atomic mass is 9.93. The average molecular weight is 377 g/mol. The number of ether oxygens (including phenoxy) is 1. The second-order valence-corrected chi connectivity index (χ2v) is 7.27. The Labute approximate surface area is 161 Å². The van der Waals surface area contributed by atoms with Gasteiger partial charge in [-0.3, -0.25) is 9.79 Å². The summed E-state index contributed by atoms with van der Waals surface area (Å²) in [6.07, 6.45) is 7.33. The van der Waals surface area contributed by atoms with Crippen molar-refractivity contribution in [1.29, 1.82) is 0 Å². The maximum atomic E-state index is 12.3. The third-order valence-corrected chi connectivity index (χ3v) is 5.41. The van der Waals surface area contributed by atoms with E-state index < -0.39 is 0 Å². The Morgan fingerprint density at radius 3 is 2.81 bits per heavy atom. The van der Waals surface area contributed by atoms with Gasteiger partial charge in [-0.05, 0) is 19.3 Å². The van der Waals surface area contributed by atoms with E-state index in [1.807, 2.05) is 23.6 Å². The average Bonchev–Trinajstić information content (AvgIpc) is 3.23. The van der Waals surface area contributed by atoms with E-state index in [0.29, 0.717) is 51.2 Å². The number of likely N-dealkylation sites (tertiary alicyclic amines) is 1. The van der Waals surface area contributed by atoms with Crippen LogP contribution in [-0.4, -0.2) is 83.7 Å². The predicted octanol–water partition coefficient (Wildman–Crippen LogP) is 0.980.